The molecular weight excluding hydrogens is 144 g/mol. The molecule has 0 aliphatic heterocycles. The van der Waals surface area contributed by atoms with Crippen molar-refractivity contribution in [2.75, 3.05) is 0 Å². The molecule has 2 aliphatic carbocycles. The third-order valence-electron chi connectivity index (χ3n) is 3.67. The lowest BCUT2D eigenvalue weighted by molar-refractivity contribution is 0.246. The van der Waals surface area contributed by atoms with Gasteiger partial charge in [0, 0.05) is 0 Å². The highest BCUT2D eigenvalue weighted by Gasteiger charge is 2.33. The molecule has 2 aliphatic rings. The molecule has 0 heterocycles. The zero-order valence-electron chi connectivity index (χ0n) is 8.61. The van der Waals surface area contributed by atoms with Crippen molar-refractivity contribution in [1.82, 2.24) is 0 Å². The first-order valence-corrected chi connectivity index (χ1v) is 5.27. The Morgan fingerprint density at radius 3 is 1.92 bits per heavy atom. The SMILES string of the molecule is CC(C)(C)C1CC2=C(CCC2)C1. The Kier molecular flexibility index (Phi) is 1.82. The lowest BCUT2D eigenvalue weighted by Crippen LogP contribution is -2.18. The Morgan fingerprint density at radius 1 is 1.00 bits per heavy atom. The van der Waals surface area contributed by atoms with Gasteiger partial charge >= 0.3 is 0 Å². The van der Waals surface area contributed by atoms with Crippen molar-refractivity contribution in [1.29, 1.82) is 0 Å². The highest BCUT2D eigenvalue weighted by molar-refractivity contribution is 5.26. The molecule has 0 saturated carbocycles. The molecule has 0 fully saturated rings. The molecule has 0 spiro atoms. The van der Waals surface area contributed by atoms with Gasteiger partial charge in [-0.1, -0.05) is 31.9 Å². The van der Waals surface area contributed by atoms with Crippen molar-refractivity contribution in [2.24, 2.45) is 11.3 Å². The average Bonchev–Trinajstić information content (AvgIpc) is 2.37. The summed E-state index contributed by atoms with van der Waals surface area (Å²) in [5.74, 6) is 0.947. The largest absolute Gasteiger partial charge is 0.0707 e. The molecule has 0 saturated heterocycles. The van der Waals surface area contributed by atoms with Gasteiger partial charge < -0.3 is 0 Å². The zero-order valence-corrected chi connectivity index (χ0v) is 8.61. The summed E-state index contributed by atoms with van der Waals surface area (Å²) in [6.45, 7) is 7.17. The minimum absolute atomic E-state index is 0.532. The number of rotatable bonds is 0. The smallest absolute Gasteiger partial charge is 0.0281 e. The van der Waals surface area contributed by atoms with Crippen LogP contribution in [0.4, 0.5) is 0 Å². The molecule has 12 heavy (non-hydrogen) atoms. The molecule has 0 aromatic rings. The summed E-state index contributed by atoms with van der Waals surface area (Å²) < 4.78 is 0. The van der Waals surface area contributed by atoms with Gasteiger partial charge in [-0.2, -0.15) is 0 Å². The minimum atomic E-state index is 0.532. The summed E-state index contributed by atoms with van der Waals surface area (Å²) in [4.78, 5) is 0. The standard InChI is InChI=1S/C12H20/c1-12(2,3)11-7-9-5-4-6-10(9)8-11/h11H,4-8H2,1-3H3. The topological polar surface area (TPSA) is 0 Å². The summed E-state index contributed by atoms with van der Waals surface area (Å²) in [6.07, 6.45) is 7.11. The third kappa shape index (κ3) is 1.32. The third-order valence-corrected chi connectivity index (χ3v) is 3.67. The van der Waals surface area contributed by atoms with Crippen molar-refractivity contribution >= 4 is 0 Å². The van der Waals surface area contributed by atoms with Gasteiger partial charge in [-0.05, 0) is 43.4 Å². The molecule has 2 rings (SSSR count). The van der Waals surface area contributed by atoms with Gasteiger partial charge in [-0.15, -0.1) is 0 Å². The first kappa shape index (κ1) is 8.34. The molecule has 0 aromatic heterocycles. The van der Waals surface area contributed by atoms with Crippen LogP contribution in [-0.4, -0.2) is 0 Å². The van der Waals surface area contributed by atoms with Gasteiger partial charge in [0.05, 0.1) is 0 Å². The predicted molar refractivity (Wildman–Crippen MR) is 53.1 cm³/mol. The van der Waals surface area contributed by atoms with Crippen LogP contribution in [0.1, 0.15) is 52.9 Å². The maximum absolute atomic E-state index is 2.39. The molecule has 0 amide bonds. The number of allylic oxidation sites excluding steroid dienone is 2. The second-order valence-corrected chi connectivity index (χ2v) is 5.53. The van der Waals surface area contributed by atoms with Gasteiger partial charge in [0.25, 0.3) is 0 Å². The van der Waals surface area contributed by atoms with Crippen LogP contribution in [0.25, 0.3) is 0 Å². The van der Waals surface area contributed by atoms with E-state index in [4.69, 9.17) is 0 Å². The second kappa shape index (κ2) is 2.61. The average molecular weight is 164 g/mol. The molecule has 0 N–H and O–H groups in total. The van der Waals surface area contributed by atoms with Crippen LogP contribution < -0.4 is 0 Å². The Balaban J connectivity index is 2.04. The van der Waals surface area contributed by atoms with E-state index in [2.05, 4.69) is 20.8 Å². The van der Waals surface area contributed by atoms with Crippen molar-refractivity contribution < 1.29 is 0 Å². The van der Waals surface area contributed by atoms with E-state index in [9.17, 15) is 0 Å². The molecular formula is C12H20. The van der Waals surface area contributed by atoms with E-state index in [-0.39, 0.29) is 0 Å². The molecule has 0 unspecified atom stereocenters. The summed E-state index contributed by atoms with van der Waals surface area (Å²) in [5, 5.41) is 0. The van der Waals surface area contributed by atoms with E-state index in [1.165, 1.54) is 32.1 Å². The fourth-order valence-electron chi connectivity index (χ4n) is 2.64. The quantitative estimate of drug-likeness (QED) is 0.476. The summed E-state index contributed by atoms with van der Waals surface area (Å²) in [7, 11) is 0. The highest BCUT2D eigenvalue weighted by atomic mass is 14.4. The van der Waals surface area contributed by atoms with Crippen molar-refractivity contribution in [2.45, 2.75) is 52.9 Å². The van der Waals surface area contributed by atoms with Gasteiger partial charge in [0.1, 0.15) is 0 Å². The van der Waals surface area contributed by atoms with E-state index in [1.54, 1.807) is 0 Å². The highest BCUT2D eigenvalue weighted by Crippen LogP contribution is 2.47. The molecule has 0 aromatic carbocycles. The van der Waals surface area contributed by atoms with E-state index < -0.39 is 0 Å². The van der Waals surface area contributed by atoms with Crippen LogP contribution in [0.2, 0.25) is 0 Å². The van der Waals surface area contributed by atoms with Crippen LogP contribution >= 0.6 is 0 Å². The molecule has 68 valence electrons. The van der Waals surface area contributed by atoms with Crippen LogP contribution in [-0.2, 0) is 0 Å². The minimum Gasteiger partial charge on any atom is -0.0707 e. The fourth-order valence-corrected chi connectivity index (χ4v) is 2.64. The van der Waals surface area contributed by atoms with E-state index in [1.807, 2.05) is 11.1 Å². The summed E-state index contributed by atoms with van der Waals surface area (Å²) in [6, 6.07) is 0. The number of hydrogen-bond donors (Lipinski definition) is 0. The number of hydrogen-bond acceptors (Lipinski definition) is 0. The normalized spacial score (nSPS) is 25.2. The lowest BCUT2D eigenvalue weighted by Gasteiger charge is -2.27. The first-order valence-electron chi connectivity index (χ1n) is 5.27. The van der Waals surface area contributed by atoms with Crippen LogP contribution in [0, 0.1) is 11.3 Å². The molecule has 0 heteroatoms. The van der Waals surface area contributed by atoms with Crippen molar-refractivity contribution in [3.05, 3.63) is 11.1 Å². The van der Waals surface area contributed by atoms with Crippen LogP contribution in [0.3, 0.4) is 0 Å². The van der Waals surface area contributed by atoms with Gasteiger partial charge in [0.15, 0.2) is 0 Å². The molecule has 0 bridgehead atoms. The monoisotopic (exact) mass is 164 g/mol. The Morgan fingerprint density at radius 2 is 1.50 bits per heavy atom. The van der Waals surface area contributed by atoms with E-state index in [0.29, 0.717) is 5.41 Å². The maximum atomic E-state index is 2.39. The first-order chi connectivity index (χ1) is 5.57. The summed E-state index contributed by atoms with van der Waals surface area (Å²) in [5.41, 5.74) is 4.19. The maximum Gasteiger partial charge on any atom is -0.0281 e. The fraction of sp³-hybridized carbons (Fsp3) is 0.833. The zero-order chi connectivity index (χ0) is 8.77. The molecule has 0 radical (unpaired) electrons. The van der Waals surface area contributed by atoms with E-state index >= 15 is 0 Å². The van der Waals surface area contributed by atoms with Crippen LogP contribution in [0.15, 0.2) is 11.1 Å². The van der Waals surface area contributed by atoms with Gasteiger partial charge in [-0.25, -0.2) is 0 Å². The van der Waals surface area contributed by atoms with Gasteiger partial charge in [-0.3, -0.25) is 0 Å². The second-order valence-electron chi connectivity index (χ2n) is 5.53. The van der Waals surface area contributed by atoms with Gasteiger partial charge in [0.2, 0.25) is 0 Å². The summed E-state index contributed by atoms with van der Waals surface area (Å²) >= 11 is 0. The predicted octanol–water partition coefficient (Wildman–Crippen LogP) is 3.92. The van der Waals surface area contributed by atoms with Crippen LogP contribution in [0.5, 0.6) is 0 Å². The van der Waals surface area contributed by atoms with E-state index in [0.717, 1.165) is 5.92 Å². The molecule has 0 atom stereocenters. The Labute approximate surface area is 76.1 Å². The Hall–Kier alpha value is -0.260. The Bertz CT molecular complexity index is 199. The van der Waals surface area contributed by atoms with Crippen molar-refractivity contribution in [3.63, 3.8) is 0 Å². The molecule has 0 nitrogen and oxygen atoms in total. The lowest BCUT2D eigenvalue weighted by atomic mass is 9.77. The van der Waals surface area contributed by atoms with Crippen molar-refractivity contribution in [3.8, 4) is 0 Å².